The number of hydrogen-bond donors (Lipinski definition) is 0. The molecule has 0 N–H and O–H groups in total. The van der Waals surface area contributed by atoms with Gasteiger partial charge in [-0.2, -0.15) is 0 Å². The Kier molecular flexibility index (Phi) is 5.05. The average molecular weight is 214 g/mol. The van der Waals surface area contributed by atoms with Gasteiger partial charge in [-0.15, -0.1) is 0 Å². The number of ether oxygens (including phenoxy) is 1. The molecule has 0 aromatic carbocycles. The summed E-state index contributed by atoms with van der Waals surface area (Å²) < 4.78 is 5.32. The third kappa shape index (κ3) is 4.62. The second-order valence-electron chi connectivity index (χ2n) is 4.40. The average Bonchev–Trinajstić information content (AvgIpc) is 2.39. The molecule has 1 aliphatic heterocycles. The Balaban J connectivity index is 2.31. The van der Waals surface area contributed by atoms with Crippen LogP contribution in [0.1, 0.15) is 20.3 Å². The zero-order valence-corrected chi connectivity index (χ0v) is 10.0. The minimum Gasteiger partial charge on any atom is -0.369 e. The molecule has 15 heavy (non-hydrogen) atoms. The molecule has 1 amide bonds. The van der Waals surface area contributed by atoms with Crippen molar-refractivity contribution in [3.05, 3.63) is 0 Å². The summed E-state index contributed by atoms with van der Waals surface area (Å²) in [4.78, 5) is 15.9. The molecule has 0 spiro atoms. The van der Waals surface area contributed by atoms with Gasteiger partial charge in [0.1, 0.15) is 6.61 Å². The van der Waals surface area contributed by atoms with Gasteiger partial charge < -0.3 is 14.5 Å². The largest absolute Gasteiger partial charge is 0.369 e. The van der Waals surface area contributed by atoms with Gasteiger partial charge in [-0.25, -0.2) is 0 Å². The maximum Gasteiger partial charge on any atom is 0.248 e. The summed E-state index contributed by atoms with van der Waals surface area (Å²) in [6, 6.07) is 0. The molecule has 1 saturated heterocycles. The highest BCUT2D eigenvalue weighted by atomic mass is 16.5. The van der Waals surface area contributed by atoms with Gasteiger partial charge in [-0.05, 0) is 33.9 Å². The van der Waals surface area contributed by atoms with E-state index >= 15 is 0 Å². The lowest BCUT2D eigenvalue weighted by molar-refractivity contribution is -0.137. The van der Waals surface area contributed by atoms with Gasteiger partial charge in [0, 0.05) is 19.6 Å². The highest BCUT2D eigenvalue weighted by Crippen LogP contribution is 2.02. The molecule has 4 nitrogen and oxygen atoms in total. The number of amides is 1. The summed E-state index contributed by atoms with van der Waals surface area (Å²) in [6.07, 6.45) is 1.19. The molecule has 1 heterocycles. The van der Waals surface area contributed by atoms with E-state index < -0.39 is 0 Å². The molecule has 0 unspecified atom stereocenters. The van der Waals surface area contributed by atoms with E-state index in [0.717, 1.165) is 32.6 Å². The molecule has 0 aliphatic carbocycles. The van der Waals surface area contributed by atoms with Crippen LogP contribution in [0.15, 0.2) is 0 Å². The number of rotatable bonds is 3. The van der Waals surface area contributed by atoms with E-state index in [4.69, 9.17) is 4.74 Å². The van der Waals surface area contributed by atoms with E-state index in [0.29, 0.717) is 0 Å². The summed E-state index contributed by atoms with van der Waals surface area (Å²) in [5, 5.41) is 0. The van der Waals surface area contributed by atoms with Crippen molar-refractivity contribution in [2.45, 2.75) is 26.4 Å². The van der Waals surface area contributed by atoms with Crippen LogP contribution in [-0.2, 0) is 9.53 Å². The molecule has 0 saturated carbocycles. The first-order valence-corrected chi connectivity index (χ1v) is 5.67. The second-order valence-corrected chi connectivity index (χ2v) is 4.40. The maximum absolute atomic E-state index is 11.7. The van der Waals surface area contributed by atoms with Gasteiger partial charge in [0.25, 0.3) is 0 Å². The molecule has 1 rings (SSSR count). The predicted octanol–water partition coefficient (Wildman–Crippen LogP) is 0.576. The normalized spacial score (nSPS) is 19.3. The van der Waals surface area contributed by atoms with Crippen LogP contribution in [0.4, 0.5) is 0 Å². The summed E-state index contributed by atoms with van der Waals surface area (Å²) in [7, 11) is 2.10. The summed E-state index contributed by atoms with van der Waals surface area (Å²) in [5.41, 5.74) is 0. The molecule has 0 radical (unpaired) electrons. The van der Waals surface area contributed by atoms with Crippen molar-refractivity contribution in [3.8, 4) is 0 Å². The van der Waals surface area contributed by atoms with Gasteiger partial charge in [0.15, 0.2) is 0 Å². The fourth-order valence-corrected chi connectivity index (χ4v) is 1.63. The zero-order valence-electron chi connectivity index (χ0n) is 10.0. The van der Waals surface area contributed by atoms with Crippen molar-refractivity contribution >= 4 is 5.91 Å². The number of carbonyl (C=O) groups is 1. The van der Waals surface area contributed by atoms with E-state index in [9.17, 15) is 4.79 Å². The summed E-state index contributed by atoms with van der Waals surface area (Å²) in [5.74, 6) is 0.124. The molecule has 0 aromatic heterocycles. The van der Waals surface area contributed by atoms with Crippen molar-refractivity contribution in [2.75, 3.05) is 39.8 Å². The third-order valence-corrected chi connectivity index (χ3v) is 2.61. The smallest absolute Gasteiger partial charge is 0.248 e. The zero-order chi connectivity index (χ0) is 11.3. The fourth-order valence-electron chi connectivity index (χ4n) is 1.63. The quantitative estimate of drug-likeness (QED) is 0.689. The summed E-state index contributed by atoms with van der Waals surface area (Å²) in [6.45, 7) is 7.86. The Labute approximate surface area is 92.2 Å². The SMILES string of the molecule is CC(C)OCC(=O)N1CCCN(C)CC1. The molecule has 1 aliphatic rings. The number of likely N-dealkylation sites (N-methyl/N-ethyl adjacent to an activating group) is 1. The predicted molar refractivity (Wildman–Crippen MR) is 59.8 cm³/mol. The molecule has 4 heteroatoms. The number of nitrogens with zero attached hydrogens (tertiary/aromatic N) is 2. The summed E-state index contributed by atoms with van der Waals surface area (Å²) >= 11 is 0. The molecular weight excluding hydrogens is 192 g/mol. The topological polar surface area (TPSA) is 32.8 Å². The lowest BCUT2D eigenvalue weighted by Gasteiger charge is -2.21. The highest BCUT2D eigenvalue weighted by molar-refractivity contribution is 5.77. The lowest BCUT2D eigenvalue weighted by Crippen LogP contribution is -2.37. The molecule has 0 aromatic rings. The van der Waals surface area contributed by atoms with Crippen LogP contribution in [-0.4, -0.2) is 61.6 Å². The molecule has 0 bridgehead atoms. The van der Waals surface area contributed by atoms with E-state index in [1.54, 1.807) is 0 Å². The van der Waals surface area contributed by atoms with Crippen LogP contribution < -0.4 is 0 Å². The van der Waals surface area contributed by atoms with Gasteiger partial charge in [0.05, 0.1) is 6.10 Å². The standard InChI is InChI=1S/C11H22N2O2/c1-10(2)15-9-11(14)13-6-4-5-12(3)7-8-13/h10H,4-9H2,1-3H3. The van der Waals surface area contributed by atoms with Crippen molar-refractivity contribution in [1.82, 2.24) is 9.80 Å². The van der Waals surface area contributed by atoms with Gasteiger partial charge in [0.2, 0.25) is 5.91 Å². The van der Waals surface area contributed by atoms with Crippen LogP contribution in [0.3, 0.4) is 0 Å². The van der Waals surface area contributed by atoms with Crippen LogP contribution in [0.2, 0.25) is 0 Å². The minimum absolute atomic E-state index is 0.124. The van der Waals surface area contributed by atoms with Gasteiger partial charge in [-0.1, -0.05) is 0 Å². The molecule has 1 fully saturated rings. The van der Waals surface area contributed by atoms with Crippen LogP contribution in [0.25, 0.3) is 0 Å². The highest BCUT2D eigenvalue weighted by Gasteiger charge is 2.17. The van der Waals surface area contributed by atoms with E-state index in [2.05, 4.69) is 11.9 Å². The lowest BCUT2D eigenvalue weighted by atomic mass is 10.4. The molecular formula is C11H22N2O2. The number of hydrogen-bond acceptors (Lipinski definition) is 3. The van der Waals surface area contributed by atoms with E-state index in [1.807, 2.05) is 18.7 Å². The first-order valence-electron chi connectivity index (χ1n) is 5.67. The van der Waals surface area contributed by atoms with Crippen LogP contribution in [0, 0.1) is 0 Å². The Morgan fingerprint density at radius 3 is 2.67 bits per heavy atom. The first kappa shape index (κ1) is 12.5. The fraction of sp³-hybridized carbons (Fsp3) is 0.909. The van der Waals surface area contributed by atoms with Crippen molar-refractivity contribution < 1.29 is 9.53 Å². The minimum atomic E-state index is 0.124. The second kappa shape index (κ2) is 6.08. The van der Waals surface area contributed by atoms with Crippen molar-refractivity contribution in [1.29, 1.82) is 0 Å². The van der Waals surface area contributed by atoms with Gasteiger partial charge >= 0.3 is 0 Å². The van der Waals surface area contributed by atoms with Crippen molar-refractivity contribution in [3.63, 3.8) is 0 Å². The Morgan fingerprint density at radius 1 is 1.27 bits per heavy atom. The molecule has 0 atom stereocenters. The van der Waals surface area contributed by atoms with E-state index in [1.165, 1.54) is 0 Å². The Hall–Kier alpha value is -0.610. The van der Waals surface area contributed by atoms with Crippen LogP contribution in [0.5, 0.6) is 0 Å². The monoisotopic (exact) mass is 214 g/mol. The van der Waals surface area contributed by atoms with Crippen molar-refractivity contribution in [2.24, 2.45) is 0 Å². The molecule has 88 valence electrons. The third-order valence-electron chi connectivity index (χ3n) is 2.61. The van der Waals surface area contributed by atoms with Crippen LogP contribution >= 0.6 is 0 Å². The van der Waals surface area contributed by atoms with Gasteiger partial charge in [-0.3, -0.25) is 4.79 Å². The Morgan fingerprint density at radius 2 is 2.00 bits per heavy atom. The number of carbonyl (C=O) groups excluding carboxylic acids is 1. The first-order chi connectivity index (χ1) is 7.09. The Bertz CT molecular complexity index is 207. The van der Waals surface area contributed by atoms with E-state index in [-0.39, 0.29) is 18.6 Å². The maximum atomic E-state index is 11.7.